The molecule has 0 atom stereocenters. The molecule has 0 aromatic heterocycles. The minimum Gasteiger partial charge on any atom is -0.372 e. The lowest BCUT2D eigenvalue weighted by atomic mass is 10.1. The van der Waals surface area contributed by atoms with Crippen LogP contribution in [-0.4, -0.2) is 23.3 Å². The lowest BCUT2D eigenvalue weighted by Gasteiger charge is -2.28. The smallest absolute Gasteiger partial charge is 0.285 e. The van der Waals surface area contributed by atoms with Crippen molar-refractivity contribution < 1.29 is 4.79 Å². The summed E-state index contributed by atoms with van der Waals surface area (Å²) >= 11 is 6.19. The number of carbonyl (C=O) groups is 1. The molecule has 2 aliphatic rings. The highest BCUT2D eigenvalue weighted by Crippen LogP contribution is 2.28. The quantitative estimate of drug-likeness (QED) is 0.621. The van der Waals surface area contributed by atoms with Gasteiger partial charge in [0.25, 0.3) is 5.91 Å². The molecule has 3 nitrogen and oxygen atoms in total. The number of carbonyl (C=O) groups excluding carboxylic acids is 1. The Morgan fingerprint density at radius 2 is 1.85 bits per heavy atom. The molecule has 1 amide bonds. The van der Waals surface area contributed by atoms with Crippen LogP contribution in [0.5, 0.6) is 0 Å². The summed E-state index contributed by atoms with van der Waals surface area (Å²) in [5, 5.41) is 3.74. The van der Waals surface area contributed by atoms with Gasteiger partial charge < -0.3 is 4.90 Å². The zero-order valence-corrected chi connectivity index (χ0v) is 12.7. The predicted octanol–water partition coefficient (Wildman–Crippen LogP) is 3.18. The van der Waals surface area contributed by atoms with E-state index in [0.717, 1.165) is 18.7 Å². The molecular weight excluding hydrogens is 288 g/mol. The van der Waals surface area contributed by atoms with Gasteiger partial charge in [-0.25, -0.2) is 0 Å². The first-order valence-corrected chi connectivity index (χ1v) is 7.99. The molecule has 1 radical (unpaired) electrons. The monoisotopic (exact) mass is 303 g/mol. The van der Waals surface area contributed by atoms with Gasteiger partial charge in [-0.2, -0.15) is 5.32 Å². The van der Waals surface area contributed by atoms with Crippen LogP contribution in [0.4, 0.5) is 5.69 Å². The van der Waals surface area contributed by atoms with Gasteiger partial charge in [-0.15, -0.1) is 0 Å². The van der Waals surface area contributed by atoms with Crippen molar-refractivity contribution in [2.75, 3.05) is 18.0 Å². The first-order chi connectivity index (χ1) is 9.72. The lowest BCUT2D eigenvalue weighted by molar-refractivity contribution is -0.115. The van der Waals surface area contributed by atoms with Crippen LogP contribution in [0, 0.1) is 0 Å². The molecule has 2 heterocycles. The van der Waals surface area contributed by atoms with E-state index in [0.29, 0.717) is 9.23 Å². The molecule has 0 aliphatic carbocycles. The van der Waals surface area contributed by atoms with E-state index in [4.69, 9.17) is 12.2 Å². The SMILES string of the molecule is O=C1[N]C(=S)S/C1=C\c1ccc(N2CCCCC2)cc1. The summed E-state index contributed by atoms with van der Waals surface area (Å²) < 4.78 is 0.409. The summed E-state index contributed by atoms with van der Waals surface area (Å²) in [6.07, 6.45) is 5.74. The van der Waals surface area contributed by atoms with Gasteiger partial charge in [0.2, 0.25) is 0 Å². The third-order valence-electron chi connectivity index (χ3n) is 3.51. The van der Waals surface area contributed by atoms with Crippen molar-refractivity contribution in [2.24, 2.45) is 0 Å². The number of benzene rings is 1. The first-order valence-electron chi connectivity index (χ1n) is 6.77. The number of nitrogens with zero attached hydrogens (tertiary/aromatic N) is 2. The van der Waals surface area contributed by atoms with Gasteiger partial charge in [-0.1, -0.05) is 23.9 Å². The van der Waals surface area contributed by atoms with Gasteiger partial charge >= 0.3 is 0 Å². The van der Waals surface area contributed by atoms with E-state index < -0.39 is 0 Å². The largest absolute Gasteiger partial charge is 0.372 e. The van der Waals surface area contributed by atoms with E-state index in [1.165, 1.54) is 36.7 Å². The van der Waals surface area contributed by atoms with Gasteiger partial charge in [0.15, 0.2) is 4.32 Å². The van der Waals surface area contributed by atoms with Crippen molar-refractivity contribution >= 4 is 46.0 Å². The van der Waals surface area contributed by atoms with Crippen LogP contribution >= 0.6 is 24.0 Å². The molecule has 20 heavy (non-hydrogen) atoms. The number of rotatable bonds is 2. The van der Waals surface area contributed by atoms with Crippen LogP contribution in [0.2, 0.25) is 0 Å². The van der Waals surface area contributed by atoms with Crippen LogP contribution in [-0.2, 0) is 4.79 Å². The van der Waals surface area contributed by atoms with E-state index in [-0.39, 0.29) is 5.91 Å². The molecule has 1 aromatic rings. The van der Waals surface area contributed by atoms with Gasteiger partial charge in [0.05, 0.1) is 4.91 Å². The van der Waals surface area contributed by atoms with E-state index >= 15 is 0 Å². The number of amides is 1. The van der Waals surface area contributed by atoms with E-state index in [2.05, 4.69) is 22.3 Å². The average Bonchev–Trinajstić information content (AvgIpc) is 2.79. The van der Waals surface area contributed by atoms with Crippen LogP contribution in [0.15, 0.2) is 29.2 Å². The zero-order chi connectivity index (χ0) is 13.9. The Kier molecular flexibility index (Phi) is 4.08. The molecule has 0 bridgehead atoms. The second-order valence-electron chi connectivity index (χ2n) is 4.93. The van der Waals surface area contributed by atoms with Crippen molar-refractivity contribution in [3.05, 3.63) is 34.7 Å². The number of hydrogen-bond donors (Lipinski definition) is 0. The van der Waals surface area contributed by atoms with Crippen molar-refractivity contribution in [3.8, 4) is 0 Å². The van der Waals surface area contributed by atoms with Gasteiger partial charge in [-0.05, 0) is 55.3 Å². The number of thiocarbonyl (C=S) groups is 1. The van der Waals surface area contributed by atoms with Crippen molar-refractivity contribution in [1.29, 1.82) is 0 Å². The Bertz CT molecular complexity index is 560. The average molecular weight is 303 g/mol. The van der Waals surface area contributed by atoms with Gasteiger partial charge in [-0.3, -0.25) is 4.79 Å². The molecule has 0 spiro atoms. The van der Waals surface area contributed by atoms with Crippen LogP contribution in [0.3, 0.4) is 0 Å². The first kappa shape index (κ1) is 13.6. The molecule has 2 fully saturated rings. The van der Waals surface area contributed by atoms with Crippen LogP contribution < -0.4 is 10.2 Å². The highest BCUT2D eigenvalue weighted by molar-refractivity contribution is 8.26. The van der Waals surface area contributed by atoms with Crippen molar-refractivity contribution in [1.82, 2.24) is 5.32 Å². The minimum absolute atomic E-state index is 0.222. The Morgan fingerprint density at radius 3 is 2.45 bits per heavy atom. The van der Waals surface area contributed by atoms with Gasteiger partial charge in [0, 0.05) is 18.8 Å². The van der Waals surface area contributed by atoms with E-state index in [9.17, 15) is 4.79 Å². The molecule has 5 heteroatoms. The maximum atomic E-state index is 11.6. The third-order valence-corrected chi connectivity index (χ3v) is 4.63. The number of piperidine rings is 1. The zero-order valence-electron chi connectivity index (χ0n) is 11.0. The molecule has 3 rings (SSSR count). The third kappa shape index (κ3) is 3.04. The minimum atomic E-state index is -0.222. The van der Waals surface area contributed by atoms with Crippen LogP contribution in [0.25, 0.3) is 6.08 Å². The van der Waals surface area contributed by atoms with Crippen molar-refractivity contribution in [3.63, 3.8) is 0 Å². The lowest BCUT2D eigenvalue weighted by Crippen LogP contribution is -2.29. The molecule has 0 saturated carbocycles. The Hall–Kier alpha value is -1.33. The Balaban J connectivity index is 1.74. The molecule has 2 aliphatic heterocycles. The van der Waals surface area contributed by atoms with E-state index in [1.807, 2.05) is 18.2 Å². The van der Waals surface area contributed by atoms with Gasteiger partial charge in [0.1, 0.15) is 0 Å². The summed E-state index contributed by atoms with van der Waals surface area (Å²) in [6, 6.07) is 8.34. The second-order valence-corrected chi connectivity index (χ2v) is 6.61. The summed E-state index contributed by atoms with van der Waals surface area (Å²) in [7, 11) is 0. The number of thioether (sulfide) groups is 1. The van der Waals surface area contributed by atoms with Crippen molar-refractivity contribution in [2.45, 2.75) is 19.3 Å². The molecule has 2 saturated heterocycles. The highest BCUT2D eigenvalue weighted by Gasteiger charge is 2.24. The fourth-order valence-corrected chi connectivity index (χ4v) is 3.47. The predicted molar refractivity (Wildman–Crippen MR) is 87.8 cm³/mol. The number of hydrogen-bond acceptors (Lipinski definition) is 4. The fraction of sp³-hybridized carbons (Fsp3) is 0.333. The Morgan fingerprint density at radius 1 is 1.15 bits per heavy atom. The molecule has 0 N–H and O–H groups in total. The van der Waals surface area contributed by atoms with Crippen LogP contribution in [0.1, 0.15) is 24.8 Å². The maximum Gasteiger partial charge on any atom is 0.285 e. The fourth-order valence-electron chi connectivity index (χ4n) is 2.47. The molecule has 0 unspecified atom stereocenters. The Labute approximate surface area is 128 Å². The topological polar surface area (TPSA) is 34.4 Å². The highest BCUT2D eigenvalue weighted by atomic mass is 32.2. The summed E-state index contributed by atoms with van der Waals surface area (Å²) in [5.41, 5.74) is 2.28. The maximum absolute atomic E-state index is 11.6. The van der Waals surface area contributed by atoms with E-state index in [1.54, 1.807) is 0 Å². The normalized spacial score (nSPS) is 21.4. The molecular formula is C15H15N2OS2. The second kappa shape index (κ2) is 5.97. The number of anilines is 1. The molecule has 103 valence electrons. The summed E-state index contributed by atoms with van der Waals surface area (Å²) in [4.78, 5) is 14.6. The molecule has 1 aromatic carbocycles. The summed E-state index contributed by atoms with van der Waals surface area (Å²) in [5.74, 6) is -0.222. The standard InChI is InChI=1S/C15H15N2OS2/c18-14-13(20-15(19)16-14)10-11-4-6-12(7-5-11)17-8-2-1-3-9-17/h4-7,10H,1-3,8-9H2/b13-10-. The summed E-state index contributed by atoms with van der Waals surface area (Å²) in [6.45, 7) is 2.28.